The zero-order valence-electron chi connectivity index (χ0n) is 11.6. The van der Waals surface area contributed by atoms with Crippen molar-refractivity contribution in [1.82, 2.24) is 14.7 Å². The predicted octanol–water partition coefficient (Wildman–Crippen LogP) is 2.41. The first-order chi connectivity index (χ1) is 8.61. The smallest absolute Gasteiger partial charge is 0.272 e. The van der Waals surface area contributed by atoms with Crippen molar-refractivity contribution >= 4 is 5.91 Å². The van der Waals surface area contributed by atoms with E-state index >= 15 is 0 Å². The number of rotatable bonds is 3. The molecular formula is C14H23N3O. The van der Waals surface area contributed by atoms with E-state index in [0.717, 1.165) is 31.7 Å². The van der Waals surface area contributed by atoms with Crippen LogP contribution in [0.4, 0.5) is 0 Å². The molecule has 1 aromatic rings. The zero-order chi connectivity index (χ0) is 13.1. The number of likely N-dealkylation sites (tertiary alicyclic amines) is 1. The number of hydrogen-bond donors (Lipinski definition) is 0. The van der Waals surface area contributed by atoms with Gasteiger partial charge in [-0.2, -0.15) is 5.10 Å². The molecule has 0 aliphatic carbocycles. The number of carbonyl (C=O) groups excluding carboxylic acids is 1. The SMILES string of the molecule is CCCn1nccc1C(=O)N1C[C@H](C)C[C@H](C)C1. The Morgan fingerprint density at radius 1 is 1.39 bits per heavy atom. The molecule has 1 aliphatic rings. The first-order valence-electron chi connectivity index (χ1n) is 6.93. The molecule has 1 amide bonds. The average Bonchev–Trinajstić information content (AvgIpc) is 2.75. The Labute approximate surface area is 109 Å². The normalized spacial score (nSPS) is 24.3. The fraction of sp³-hybridized carbons (Fsp3) is 0.714. The molecule has 18 heavy (non-hydrogen) atoms. The molecule has 2 rings (SSSR count). The summed E-state index contributed by atoms with van der Waals surface area (Å²) < 4.78 is 1.83. The van der Waals surface area contributed by atoms with E-state index in [1.807, 2.05) is 15.6 Å². The molecule has 0 unspecified atom stereocenters. The number of nitrogens with zero attached hydrogens (tertiary/aromatic N) is 3. The van der Waals surface area contributed by atoms with E-state index in [0.29, 0.717) is 11.8 Å². The summed E-state index contributed by atoms with van der Waals surface area (Å²) in [5, 5.41) is 4.23. The maximum absolute atomic E-state index is 12.5. The third-order valence-electron chi connectivity index (χ3n) is 3.53. The third-order valence-corrected chi connectivity index (χ3v) is 3.53. The van der Waals surface area contributed by atoms with Crippen molar-refractivity contribution in [1.29, 1.82) is 0 Å². The van der Waals surface area contributed by atoms with Gasteiger partial charge >= 0.3 is 0 Å². The van der Waals surface area contributed by atoms with Gasteiger partial charge in [-0.05, 0) is 30.7 Å². The summed E-state index contributed by atoms with van der Waals surface area (Å²) in [5.74, 6) is 1.33. The van der Waals surface area contributed by atoms with Crippen LogP contribution in [0.25, 0.3) is 0 Å². The van der Waals surface area contributed by atoms with Crippen LogP contribution < -0.4 is 0 Å². The second kappa shape index (κ2) is 5.55. The van der Waals surface area contributed by atoms with Crippen molar-refractivity contribution in [3.8, 4) is 0 Å². The molecule has 0 bridgehead atoms. The topological polar surface area (TPSA) is 38.1 Å². The maximum Gasteiger partial charge on any atom is 0.272 e. The van der Waals surface area contributed by atoms with E-state index in [-0.39, 0.29) is 5.91 Å². The van der Waals surface area contributed by atoms with Crippen LogP contribution in [0.2, 0.25) is 0 Å². The molecule has 1 fully saturated rings. The van der Waals surface area contributed by atoms with E-state index in [2.05, 4.69) is 25.9 Å². The standard InChI is InChI=1S/C14H23N3O/c1-4-7-17-13(5-6-15-17)14(18)16-9-11(2)8-12(3)10-16/h5-6,11-12H,4,7-10H2,1-3H3/t11-,12+. The summed E-state index contributed by atoms with van der Waals surface area (Å²) in [6.07, 6.45) is 3.94. The van der Waals surface area contributed by atoms with Gasteiger partial charge in [0.1, 0.15) is 5.69 Å². The number of carbonyl (C=O) groups is 1. The minimum Gasteiger partial charge on any atom is -0.337 e. The lowest BCUT2D eigenvalue weighted by Crippen LogP contribution is -2.43. The first-order valence-corrected chi connectivity index (χ1v) is 6.93. The van der Waals surface area contributed by atoms with Crippen LogP contribution in [0, 0.1) is 11.8 Å². The van der Waals surface area contributed by atoms with Crippen molar-refractivity contribution in [2.24, 2.45) is 11.8 Å². The van der Waals surface area contributed by atoms with Crippen LogP contribution in [0.5, 0.6) is 0 Å². The van der Waals surface area contributed by atoms with Gasteiger partial charge in [0.15, 0.2) is 0 Å². The van der Waals surface area contributed by atoms with E-state index in [1.54, 1.807) is 6.20 Å². The minimum atomic E-state index is 0.138. The Kier molecular flexibility index (Phi) is 4.04. The molecule has 1 aliphatic heterocycles. The summed E-state index contributed by atoms with van der Waals surface area (Å²) in [7, 11) is 0. The molecule has 0 N–H and O–H groups in total. The molecule has 4 heteroatoms. The van der Waals surface area contributed by atoms with Crippen molar-refractivity contribution in [2.75, 3.05) is 13.1 Å². The Morgan fingerprint density at radius 3 is 2.67 bits per heavy atom. The number of amides is 1. The number of piperidine rings is 1. The van der Waals surface area contributed by atoms with Crippen LogP contribution in [-0.2, 0) is 6.54 Å². The fourth-order valence-electron chi connectivity index (χ4n) is 2.90. The summed E-state index contributed by atoms with van der Waals surface area (Å²) >= 11 is 0. The van der Waals surface area contributed by atoms with Crippen LogP contribution in [0.1, 0.15) is 44.1 Å². The Morgan fingerprint density at radius 2 is 2.06 bits per heavy atom. The highest BCUT2D eigenvalue weighted by atomic mass is 16.2. The lowest BCUT2D eigenvalue weighted by atomic mass is 9.92. The largest absolute Gasteiger partial charge is 0.337 e. The molecule has 4 nitrogen and oxygen atoms in total. The van der Waals surface area contributed by atoms with E-state index in [1.165, 1.54) is 6.42 Å². The van der Waals surface area contributed by atoms with Crippen molar-refractivity contribution in [2.45, 2.75) is 40.2 Å². The van der Waals surface area contributed by atoms with Gasteiger partial charge in [0.25, 0.3) is 5.91 Å². The maximum atomic E-state index is 12.5. The molecule has 2 heterocycles. The van der Waals surface area contributed by atoms with Gasteiger partial charge in [-0.3, -0.25) is 9.48 Å². The lowest BCUT2D eigenvalue weighted by Gasteiger charge is -2.35. The number of hydrogen-bond acceptors (Lipinski definition) is 2. The van der Waals surface area contributed by atoms with Crippen molar-refractivity contribution in [3.05, 3.63) is 18.0 Å². The molecule has 1 aromatic heterocycles. The molecule has 100 valence electrons. The summed E-state index contributed by atoms with van der Waals surface area (Å²) in [6, 6.07) is 1.84. The Balaban J connectivity index is 2.12. The highest BCUT2D eigenvalue weighted by Crippen LogP contribution is 2.22. The van der Waals surface area contributed by atoms with Gasteiger partial charge in [0.2, 0.25) is 0 Å². The lowest BCUT2D eigenvalue weighted by molar-refractivity contribution is 0.0610. The second-order valence-electron chi connectivity index (χ2n) is 5.60. The van der Waals surface area contributed by atoms with Gasteiger partial charge in [-0.15, -0.1) is 0 Å². The minimum absolute atomic E-state index is 0.138. The molecule has 0 saturated carbocycles. The van der Waals surface area contributed by atoms with Gasteiger partial charge in [0, 0.05) is 25.8 Å². The summed E-state index contributed by atoms with van der Waals surface area (Å²) in [5.41, 5.74) is 0.734. The third kappa shape index (κ3) is 2.74. The zero-order valence-corrected chi connectivity index (χ0v) is 11.6. The van der Waals surface area contributed by atoms with Gasteiger partial charge < -0.3 is 4.90 Å². The monoisotopic (exact) mass is 249 g/mol. The molecule has 0 spiro atoms. The van der Waals surface area contributed by atoms with Crippen molar-refractivity contribution in [3.63, 3.8) is 0 Å². The molecule has 1 saturated heterocycles. The van der Waals surface area contributed by atoms with Gasteiger partial charge in [0.05, 0.1) is 0 Å². The molecule has 2 atom stereocenters. The highest BCUT2D eigenvalue weighted by Gasteiger charge is 2.27. The quantitative estimate of drug-likeness (QED) is 0.825. The molecular weight excluding hydrogens is 226 g/mol. The van der Waals surface area contributed by atoms with E-state index in [9.17, 15) is 4.79 Å². The van der Waals surface area contributed by atoms with Crippen molar-refractivity contribution < 1.29 is 4.79 Å². The first kappa shape index (κ1) is 13.1. The van der Waals surface area contributed by atoms with Gasteiger partial charge in [-0.25, -0.2) is 0 Å². The Bertz CT molecular complexity index is 403. The molecule has 0 aromatic carbocycles. The fourth-order valence-corrected chi connectivity index (χ4v) is 2.90. The van der Waals surface area contributed by atoms with Crippen LogP contribution >= 0.6 is 0 Å². The second-order valence-corrected chi connectivity index (χ2v) is 5.60. The van der Waals surface area contributed by atoms with Crippen LogP contribution in [-0.4, -0.2) is 33.7 Å². The number of aromatic nitrogens is 2. The van der Waals surface area contributed by atoms with Gasteiger partial charge in [-0.1, -0.05) is 20.8 Å². The van der Waals surface area contributed by atoms with Crippen LogP contribution in [0.3, 0.4) is 0 Å². The molecule has 0 radical (unpaired) electrons. The van der Waals surface area contributed by atoms with E-state index in [4.69, 9.17) is 0 Å². The highest BCUT2D eigenvalue weighted by molar-refractivity contribution is 5.92. The summed E-state index contributed by atoms with van der Waals surface area (Å²) in [6.45, 7) is 9.10. The predicted molar refractivity (Wildman–Crippen MR) is 71.4 cm³/mol. The average molecular weight is 249 g/mol. The number of aryl methyl sites for hydroxylation is 1. The Hall–Kier alpha value is -1.32. The summed E-state index contributed by atoms with van der Waals surface area (Å²) in [4.78, 5) is 14.5. The van der Waals surface area contributed by atoms with E-state index < -0.39 is 0 Å². The van der Waals surface area contributed by atoms with Crippen LogP contribution in [0.15, 0.2) is 12.3 Å².